The number of hydrogen-bond donors (Lipinski definition) is 1. The molecule has 6 heteroatoms. The number of thiol groups is 1. The Hall–Kier alpha value is -1.66. The summed E-state index contributed by atoms with van der Waals surface area (Å²) < 4.78 is 4.69. The van der Waals surface area contributed by atoms with Gasteiger partial charge < -0.3 is 4.18 Å². The number of likely N-dealkylation sites (N-methyl/N-ethyl adjacent to an activating group) is 1. The molecule has 1 fully saturated rings. The van der Waals surface area contributed by atoms with Gasteiger partial charge in [0.15, 0.2) is 0 Å². The summed E-state index contributed by atoms with van der Waals surface area (Å²) in [5.41, 5.74) is -1.34. The Kier molecular flexibility index (Phi) is 6.53. The zero-order chi connectivity index (χ0) is 20.3. The maximum atomic E-state index is 13.7. The Morgan fingerprint density at radius 1 is 1.15 bits per heavy atom. The van der Waals surface area contributed by atoms with Gasteiger partial charge in [-0.15, -0.1) is 0 Å². The van der Waals surface area contributed by atoms with Crippen LogP contribution in [0.3, 0.4) is 0 Å². The molecule has 0 spiro atoms. The Bertz CT molecular complexity index is 718. The lowest BCUT2D eigenvalue weighted by Gasteiger charge is -2.51. The number of amides is 1. The zero-order valence-electron chi connectivity index (χ0n) is 16.7. The number of rotatable bonds is 6. The van der Waals surface area contributed by atoms with Crippen molar-refractivity contribution in [3.63, 3.8) is 0 Å². The van der Waals surface area contributed by atoms with Gasteiger partial charge in [0, 0.05) is 30.3 Å². The molecule has 0 radical (unpaired) electrons. The number of nitrogens with zero attached hydrogens (tertiary/aromatic N) is 1. The van der Waals surface area contributed by atoms with E-state index in [2.05, 4.69) is 12.9 Å². The zero-order valence-corrected chi connectivity index (χ0v) is 17.6. The minimum atomic E-state index is -1.26. The van der Waals surface area contributed by atoms with Crippen LogP contribution in [0.15, 0.2) is 30.3 Å². The Labute approximate surface area is 167 Å². The predicted molar refractivity (Wildman–Crippen MR) is 107 cm³/mol. The highest BCUT2D eigenvalue weighted by molar-refractivity contribution is 7.75. The number of Topliss-reactive ketones (excluding diaryl/α,β-unsaturated/α-hetero) is 1. The van der Waals surface area contributed by atoms with Gasteiger partial charge in [0.25, 0.3) is 5.78 Å². The van der Waals surface area contributed by atoms with Crippen LogP contribution in [0.2, 0.25) is 0 Å². The summed E-state index contributed by atoms with van der Waals surface area (Å²) >= 11 is 3.79. The summed E-state index contributed by atoms with van der Waals surface area (Å²) in [4.78, 5) is 39.9. The van der Waals surface area contributed by atoms with E-state index in [0.29, 0.717) is 31.5 Å². The quantitative estimate of drug-likeness (QED) is 0.346. The number of carbonyl (C=O) groups is 3. The van der Waals surface area contributed by atoms with Crippen molar-refractivity contribution in [2.24, 2.45) is 5.41 Å². The SMILES string of the molecule is CCC(C)(C)C(=O)C(=O)[N+]1(CC)CCCCC1(C(=O)OS)c1ccccc1. The third-order valence-electron chi connectivity index (χ3n) is 6.35. The van der Waals surface area contributed by atoms with Crippen molar-refractivity contribution in [1.82, 2.24) is 0 Å². The predicted octanol–water partition coefficient (Wildman–Crippen LogP) is 3.82. The van der Waals surface area contributed by atoms with E-state index in [4.69, 9.17) is 4.18 Å². The van der Waals surface area contributed by atoms with Gasteiger partial charge in [0.1, 0.15) is 0 Å². The molecule has 1 heterocycles. The monoisotopic (exact) mass is 392 g/mol. The van der Waals surface area contributed by atoms with Gasteiger partial charge >= 0.3 is 11.9 Å². The van der Waals surface area contributed by atoms with Gasteiger partial charge in [-0.3, -0.25) is 4.79 Å². The molecule has 148 valence electrons. The number of piperidine rings is 1. The second-order valence-electron chi connectivity index (χ2n) is 7.94. The smallest absolute Gasteiger partial charge is 0.385 e. The van der Waals surface area contributed by atoms with Gasteiger partial charge in [-0.05, 0) is 26.2 Å². The molecule has 1 aliphatic heterocycles. The molecule has 2 atom stereocenters. The van der Waals surface area contributed by atoms with Crippen molar-refractivity contribution in [3.05, 3.63) is 35.9 Å². The van der Waals surface area contributed by atoms with Crippen molar-refractivity contribution >= 4 is 30.6 Å². The summed E-state index contributed by atoms with van der Waals surface area (Å²) in [6.45, 7) is 8.08. The van der Waals surface area contributed by atoms with Crippen LogP contribution in [0.25, 0.3) is 0 Å². The molecular weight excluding hydrogens is 362 g/mol. The van der Waals surface area contributed by atoms with Crippen molar-refractivity contribution in [2.75, 3.05) is 13.1 Å². The molecule has 5 nitrogen and oxygen atoms in total. The minimum absolute atomic E-state index is 0.237. The highest BCUT2D eigenvalue weighted by atomic mass is 32.1. The number of quaternary nitrogens is 1. The van der Waals surface area contributed by atoms with Crippen LogP contribution in [0.5, 0.6) is 0 Å². The molecule has 2 unspecified atom stereocenters. The van der Waals surface area contributed by atoms with E-state index >= 15 is 0 Å². The first kappa shape index (κ1) is 21.6. The standard InChI is InChI=1S/C21H29NO4S/c1-5-20(3,4)17(23)18(24)22(6-2)15-11-10-14-21(22,19(25)26-27)16-12-8-7-9-13-16/h7-9,12-13H,5-6,10-11,14-15H2,1-4H3/p+1. The van der Waals surface area contributed by atoms with Crippen LogP contribution < -0.4 is 0 Å². The molecular formula is C21H30NO4S+. The van der Waals surface area contributed by atoms with Crippen LogP contribution in [-0.4, -0.2) is 35.2 Å². The third-order valence-corrected chi connectivity index (χ3v) is 6.52. The number of likely N-dealkylation sites (tertiary alicyclic amines) is 1. The van der Waals surface area contributed by atoms with Gasteiger partial charge in [-0.2, -0.15) is 0 Å². The summed E-state index contributed by atoms with van der Waals surface area (Å²) in [5, 5.41) is 0. The van der Waals surface area contributed by atoms with E-state index in [1.165, 1.54) is 0 Å². The third kappa shape index (κ3) is 3.34. The van der Waals surface area contributed by atoms with Crippen molar-refractivity contribution < 1.29 is 23.0 Å². The summed E-state index contributed by atoms with van der Waals surface area (Å²) in [6, 6.07) is 9.21. The largest absolute Gasteiger partial charge is 0.390 e. The molecule has 1 aromatic rings. The average molecular weight is 393 g/mol. The highest BCUT2D eigenvalue weighted by Gasteiger charge is 2.65. The van der Waals surface area contributed by atoms with Gasteiger partial charge in [0.05, 0.1) is 13.1 Å². The van der Waals surface area contributed by atoms with Gasteiger partial charge in [-0.1, -0.05) is 51.1 Å². The molecule has 0 aliphatic carbocycles. The molecule has 1 amide bonds. The first-order valence-corrected chi connectivity index (χ1v) is 9.98. The Morgan fingerprint density at radius 3 is 2.30 bits per heavy atom. The molecule has 0 aromatic heterocycles. The first-order valence-electron chi connectivity index (χ1n) is 9.61. The van der Waals surface area contributed by atoms with E-state index in [0.717, 1.165) is 12.8 Å². The van der Waals surface area contributed by atoms with Crippen LogP contribution in [-0.2, 0) is 24.1 Å². The number of hydrogen-bond acceptors (Lipinski definition) is 5. The molecule has 0 bridgehead atoms. The second kappa shape index (κ2) is 8.15. The normalized spacial score (nSPS) is 25.7. The van der Waals surface area contributed by atoms with E-state index in [1.54, 1.807) is 13.8 Å². The maximum absolute atomic E-state index is 13.7. The van der Waals surface area contributed by atoms with Crippen molar-refractivity contribution in [1.29, 1.82) is 0 Å². The topological polar surface area (TPSA) is 60.4 Å². The molecule has 1 aliphatic rings. The fourth-order valence-corrected chi connectivity index (χ4v) is 4.38. The van der Waals surface area contributed by atoms with Crippen LogP contribution in [0, 0.1) is 5.41 Å². The summed E-state index contributed by atoms with van der Waals surface area (Å²) in [7, 11) is 0. The highest BCUT2D eigenvalue weighted by Crippen LogP contribution is 2.46. The molecule has 27 heavy (non-hydrogen) atoms. The lowest BCUT2D eigenvalue weighted by molar-refractivity contribution is -0.905. The summed E-state index contributed by atoms with van der Waals surface area (Å²) in [6.07, 6.45) is 2.54. The van der Waals surface area contributed by atoms with Crippen molar-refractivity contribution in [2.45, 2.75) is 58.9 Å². The number of benzene rings is 1. The van der Waals surface area contributed by atoms with Gasteiger partial charge in [0.2, 0.25) is 5.54 Å². The molecule has 2 rings (SSSR count). The van der Waals surface area contributed by atoms with Crippen LogP contribution in [0.1, 0.15) is 58.9 Å². The van der Waals surface area contributed by atoms with E-state index < -0.39 is 28.6 Å². The van der Waals surface area contributed by atoms with E-state index in [-0.39, 0.29) is 4.48 Å². The molecule has 0 saturated carbocycles. The Balaban J connectivity index is 2.74. The molecule has 1 saturated heterocycles. The van der Waals surface area contributed by atoms with E-state index in [1.807, 2.05) is 44.2 Å². The molecule has 1 aromatic carbocycles. The van der Waals surface area contributed by atoms with Gasteiger partial charge in [-0.25, -0.2) is 14.1 Å². The summed E-state index contributed by atoms with van der Waals surface area (Å²) in [5.74, 6) is -1.51. The maximum Gasteiger partial charge on any atom is 0.385 e. The van der Waals surface area contributed by atoms with Crippen molar-refractivity contribution in [3.8, 4) is 0 Å². The molecule has 0 N–H and O–H groups in total. The first-order chi connectivity index (χ1) is 12.7. The van der Waals surface area contributed by atoms with Crippen LogP contribution >= 0.6 is 12.9 Å². The lowest BCUT2D eigenvalue weighted by Crippen LogP contribution is -2.72. The number of carbonyl (C=O) groups excluding carboxylic acids is 3. The van der Waals surface area contributed by atoms with E-state index in [9.17, 15) is 14.4 Å². The fourth-order valence-electron chi connectivity index (χ4n) is 4.23. The second-order valence-corrected chi connectivity index (χ2v) is 8.12. The minimum Gasteiger partial charge on any atom is -0.390 e. The number of ketones is 1. The Morgan fingerprint density at radius 2 is 1.78 bits per heavy atom. The van der Waals surface area contributed by atoms with Crippen LogP contribution in [0.4, 0.5) is 0 Å². The lowest BCUT2D eigenvalue weighted by atomic mass is 9.75. The average Bonchev–Trinajstić information content (AvgIpc) is 2.72. The fraction of sp³-hybridized carbons (Fsp3) is 0.571.